The van der Waals surface area contributed by atoms with Crippen LogP contribution in [0.1, 0.15) is 44.6 Å². The van der Waals surface area contributed by atoms with Crippen molar-refractivity contribution in [1.29, 1.82) is 0 Å². The summed E-state index contributed by atoms with van der Waals surface area (Å²) in [5.74, 6) is -1.43. The van der Waals surface area contributed by atoms with Crippen LogP contribution in [0.25, 0.3) is 0 Å². The van der Waals surface area contributed by atoms with Gasteiger partial charge in [-0.15, -0.1) is 0 Å². The largest absolute Gasteiger partial charge is 0.494 e. The molecule has 2 aromatic rings. The van der Waals surface area contributed by atoms with Crippen molar-refractivity contribution in [3.05, 3.63) is 72.3 Å². The first kappa shape index (κ1) is 26.6. The van der Waals surface area contributed by atoms with Crippen molar-refractivity contribution >= 4 is 23.4 Å². The zero-order valence-electron chi connectivity index (χ0n) is 22.9. The average molecular weight is 544 g/mol. The van der Waals surface area contributed by atoms with Gasteiger partial charge in [-0.05, 0) is 56.0 Å². The van der Waals surface area contributed by atoms with Crippen molar-refractivity contribution in [1.82, 2.24) is 10.2 Å². The van der Waals surface area contributed by atoms with Gasteiger partial charge < -0.3 is 25.0 Å². The quantitative estimate of drug-likeness (QED) is 0.468. The van der Waals surface area contributed by atoms with E-state index in [9.17, 15) is 14.4 Å². The third kappa shape index (κ3) is 4.79. The van der Waals surface area contributed by atoms with Crippen molar-refractivity contribution < 1.29 is 23.9 Å². The molecule has 8 heteroatoms. The monoisotopic (exact) mass is 543 g/mol. The molecule has 4 aliphatic rings. The Morgan fingerprint density at radius 1 is 1.02 bits per heavy atom. The second-order valence-electron chi connectivity index (χ2n) is 11.3. The predicted molar refractivity (Wildman–Crippen MR) is 151 cm³/mol. The van der Waals surface area contributed by atoms with E-state index < -0.39 is 29.6 Å². The number of hydrogen-bond donors (Lipinski definition) is 2. The SMILES string of the molecule is CCOc1ccc(NC(=O)[C@@H]2[C@H]3C=C[C@@]4(O3)[C@H]2C(=O)N(CCc2ccccc2)[C@@H]4C(=O)NC2CCCCC2)cc1. The number of amides is 3. The number of likely N-dealkylation sites (tertiary alicyclic amines) is 1. The first-order valence-corrected chi connectivity index (χ1v) is 14.6. The Morgan fingerprint density at radius 2 is 1.77 bits per heavy atom. The molecule has 8 nitrogen and oxygen atoms in total. The fourth-order valence-corrected chi connectivity index (χ4v) is 6.96. The first-order valence-electron chi connectivity index (χ1n) is 14.6. The van der Waals surface area contributed by atoms with Crippen LogP contribution in [0.3, 0.4) is 0 Å². The summed E-state index contributed by atoms with van der Waals surface area (Å²) in [5.41, 5.74) is 0.548. The molecule has 2 bridgehead atoms. The normalized spacial score (nSPS) is 28.9. The highest BCUT2D eigenvalue weighted by Crippen LogP contribution is 2.55. The third-order valence-electron chi connectivity index (χ3n) is 8.79. The van der Waals surface area contributed by atoms with Gasteiger partial charge in [-0.3, -0.25) is 14.4 Å². The molecule has 1 saturated carbocycles. The number of carbonyl (C=O) groups is 3. The molecule has 40 heavy (non-hydrogen) atoms. The molecule has 3 aliphatic heterocycles. The van der Waals surface area contributed by atoms with E-state index in [1.165, 1.54) is 6.42 Å². The number of carbonyl (C=O) groups excluding carboxylic acids is 3. The van der Waals surface area contributed by atoms with E-state index in [0.29, 0.717) is 25.3 Å². The summed E-state index contributed by atoms with van der Waals surface area (Å²) in [4.78, 5) is 43.4. The standard InChI is InChI=1S/C32H37N3O5/c1-2-39-24-15-13-23(14-16-24)33-29(36)26-25-17-19-32(40-25)27(26)31(38)35(20-18-21-9-5-3-6-10-21)28(32)30(37)34-22-11-7-4-8-12-22/h3,5-6,9-10,13-17,19,22,25-28H,2,4,7-8,11-12,18,20H2,1H3,(H,33,36)(H,34,37)/t25-,26-,27-,28-,32-/m1/s1. The van der Waals surface area contributed by atoms with Gasteiger partial charge in [0, 0.05) is 18.3 Å². The molecule has 5 atom stereocenters. The number of rotatable bonds is 9. The van der Waals surface area contributed by atoms with E-state index in [4.69, 9.17) is 9.47 Å². The van der Waals surface area contributed by atoms with Crippen molar-refractivity contribution in [2.45, 2.75) is 69.2 Å². The average Bonchev–Trinajstić information content (AvgIpc) is 3.61. The van der Waals surface area contributed by atoms with Crippen LogP contribution in [0.5, 0.6) is 5.75 Å². The molecule has 0 unspecified atom stereocenters. The fraction of sp³-hybridized carbons (Fsp3) is 0.469. The lowest BCUT2D eigenvalue weighted by Gasteiger charge is -2.34. The molecule has 1 spiro atoms. The Bertz CT molecular complexity index is 1270. The lowest BCUT2D eigenvalue weighted by molar-refractivity contribution is -0.141. The highest BCUT2D eigenvalue weighted by atomic mass is 16.5. The van der Waals surface area contributed by atoms with E-state index >= 15 is 0 Å². The van der Waals surface area contributed by atoms with E-state index in [-0.39, 0.29) is 23.8 Å². The minimum atomic E-state index is -1.15. The van der Waals surface area contributed by atoms with Crippen LogP contribution < -0.4 is 15.4 Å². The third-order valence-corrected chi connectivity index (χ3v) is 8.79. The smallest absolute Gasteiger partial charge is 0.246 e. The Balaban J connectivity index is 1.26. The van der Waals surface area contributed by atoms with Crippen LogP contribution in [0.2, 0.25) is 0 Å². The number of anilines is 1. The van der Waals surface area contributed by atoms with E-state index in [1.807, 2.05) is 49.4 Å². The van der Waals surface area contributed by atoms with Crippen LogP contribution in [0.15, 0.2) is 66.7 Å². The lowest BCUT2D eigenvalue weighted by atomic mass is 9.74. The minimum absolute atomic E-state index is 0.101. The molecular formula is C32H37N3O5. The van der Waals surface area contributed by atoms with Crippen LogP contribution in [0, 0.1) is 11.8 Å². The summed E-state index contributed by atoms with van der Waals surface area (Å²) in [5, 5.41) is 6.21. The zero-order valence-corrected chi connectivity index (χ0v) is 22.9. The number of ether oxygens (including phenoxy) is 2. The molecule has 3 amide bonds. The Hall–Kier alpha value is -3.65. The molecule has 0 radical (unpaired) electrons. The van der Waals surface area contributed by atoms with Crippen molar-refractivity contribution in [3.63, 3.8) is 0 Å². The first-order chi connectivity index (χ1) is 19.5. The summed E-state index contributed by atoms with van der Waals surface area (Å²) in [7, 11) is 0. The Kier molecular flexibility index (Phi) is 7.36. The van der Waals surface area contributed by atoms with Crippen LogP contribution in [-0.2, 0) is 25.5 Å². The van der Waals surface area contributed by atoms with Crippen LogP contribution in [-0.4, -0.2) is 59.6 Å². The van der Waals surface area contributed by atoms with Gasteiger partial charge in [0.25, 0.3) is 0 Å². The number of nitrogens with one attached hydrogen (secondary N) is 2. The van der Waals surface area contributed by atoms with Crippen LogP contribution in [0.4, 0.5) is 5.69 Å². The maximum Gasteiger partial charge on any atom is 0.246 e. The maximum atomic E-state index is 14.1. The van der Waals surface area contributed by atoms with Gasteiger partial charge in [0.1, 0.15) is 17.4 Å². The van der Waals surface area contributed by atoms with E-state index in [1.54, 1.807) is 29.2 Å². The fourth-order valence-electron chi connectivity index (χ4n) is 6.96. The molecule has 0 aromatic heterocycles. The minimum Gasteiger partial charge on any atom is -0.494 e. The van der Waals surface area contributed by atoms with Gasteiger partial charge >= 0.3 is 0 Å². The van der Waals surface area contributed by atoms with Gasteiger partial charge in [0.15, 0.2) is 0 Å². The van der Waals surface area contributed by atoms with E-state index in [2.05, 4.69) is 10.6 Å². The summed E-state index contributed by atoms with van der Waals surface area (Å²) in [6, 6.07) is 16.4. The molecule has 2 aromatic carbocycles. The number of benzene rings is 2. The Labute approximate surface area is 235 Å². The molecule has 210 valence electrons. The summed E-state index contributed by atoms with van der Waals surface area (Å²) >= 11 is 0. The second-order valence-corrected chi connectivity index (χ2v) is 11.3. The summed E-state index contributed by atoms with van der Waals surface area (Å²) in [6.07, 6.45) is 9.03. The van der Waals surface area contributed by atoms with Crippen LogP contribution >= 0.6 is 0 Å². The van der Waals surface area contributed by atoms with Gasteiger partial charge in [-0.25, -0.2) is 0 Å². The molecule has 2 saturated heterocycles. The molecular weight excluding hydrogens is 506 g/mol. The Morgan fingerprint density at radius 3 is 2.50 bits per heavy atom. The number of nitrogens with zero attached hydrogens (tertiary/aromatic N) is 1. The molecule has 6 rings (SSSR count). The van der Waals surface area contributed by atoms with Gasteiger partial charge in [-0.1, -0.05) is 61.7 Å². The molecule has 3 fully saturated rings. The highest BCUT2D eigenvalue weighted by molar-refractivity contribution is 6.02. The molecule has 2 N–H and O–H groups in total. The number of hydrogen-bond acceptors (Lipinski definition) is 5. The highest BCUT2D eigenvalue weighted by Gasteiger charge is 2.72. The summed E-state index contributed by atoms with van der Waals surface area (Å²) in [6.45, 7) is 2.85. The molecule has 1 aliphatic carbocycles. The number of fused-ring (bicyclic) bond motifs is 1. The van der Waals surface area contributed by atoms with Gasteiger partial charge in [0.05, 0.1) is 24.5 Å². The van der Waals surface area contributed by atoms with Crippen molar-refractivity contribution in [2.24, 2.45) is 11.8 Å². The predicted octanol–water partition coefficient (Wildman–Crippen LogP) is 3.87. The zero-order chi connectivity index (χ0) is 27.7. The lowest BCUT2D eigenvalue weighted by Crippen LogP contribution is -2.56. The van der Waals surface area contributed by atoms with Crippen molar-refractivity contribution in [3.8, 4) is 5.75 Å². The molecule has 3 heterocycles. The van der Waals surface area contributed by atoms with Gasteiger partial charge in [0.2, 0.25) is 17.7 Å². The van der Waals surface area contributed by atoms with Crippen molar-refractivity contribution in [2.75, 3.05) is 18.5 Å². The topological polar surface area (TPSA) is 97.0 Å². The second kappa shape index (κ2) is 11.1. The van der Waals surface area contributed by atoms with E-state index in [0.717, 1.165) is 37.0 Å². The van der Waals surface area contributed by atoms with Gasteiger partial charge in [-0.2, -0.15) is 0 Å². The maximum absolute atomic E-state index is 14.1. The summed E-state index contributed by atoms with van der Waals surface area (Å²) < 4.78 is 12.0.